The SMILES string of the molecule is COCC(C)(N)Cc1c(Cl)c(C)nn1C. The number of ether oxygens (including phenoxy) is 1. The molecule has 0 saturated heterocycles. The second-order valence-corrected chi connectivity index (χ2v) is 4.61. The highest BCUT2D eigenvalue weighted by Gasteiger charge is 2.23. The molecule has 86 valence electrons. The third-order valence-electron chi connectivity index (χ3n) is 2.31. The molecule has 0 aliphatic carbocycles. The Balaban J connectivity index is 2.89. The Hall–Kier alpha value is -0.580. The van der Waals surface area contributed by atoms with Gasteiger partial charge in [-0.1, -0.05) is 11.6 Å². The minimum atomic E-state index is -0.418. The predicted molar refractivity (Wildman–Crippen MR) is 61.1 cm³/mol. The van der Waals surface area contributed by atoms with Gasteiger partial charge in [-0.25, -0.2) is 0 Å². The topological polar surface area (TPSA) is 53.1 Å². The second-order valence-electron chi connectivity index (χ2n) is 4.23. The first-order valence-electron chi connectivity index (χ1n) is 4.83. The maximum Gasteiger partial charge on any atom is 0.0847 e. The first-order chi connectivity index (χ1) is 6.87. The third kappa shape index (κ3) is 2.93. The number of methoxy groups -OCH3 is 1. The molecule has 1 heterocycles. The Labute approximate surface area is 95.3 Å². The molecule has 0 fully saturated rings. The van der Waals surface area contributed by atoms with Gasteiger partial charge in [0, 0.05) is 26.1 Å². The highest BCUT2D eigenvalue weighted by atomic mass is 35.5. The van der Waals surface area contributed by atoms with Crippen LogP contribution in [0.3, 0.4) is 0 Å². The average molecular weight is 232 g/mol. The number of aromatic nitrogens is 2. The molecule has 0 amide bonds. The van der Waals surface area contributed by atoms with Crippen LogP contribution in [0.4, 0.5) is 0 Å². The van der Waals surface area contributed by atoms with Crippen LogP contribution in [-0.2, 0) is 18.2 Å². The van der Waals surface area contributed by atoms with Crippen LogP contribution in [0, 0.1) is 6.92 Å². The van der Waals surface area contributed by atoms with Gasteiger partial charge >= 0.3 is 0 Å². The van der Waals surface area contributed by atoms with Gasteiger partial charge in [-0.3, -0.25) is 4.68 Å². The lowest BCUT2D eigenvalue weighted by Gasteiger charge is -2.23. The van der Waals surface area contributed by atoms with Crippen LogP contribution in [0.15, 0.2) is 0 Å². The Kier molecular flexibility index (Phi) is 3.76. The molecule has 2 N–H and O–H groups in total. The molecule has 15 heavy (non-hydrogen) atoms. The predicted octanol–water partition coefficient (Wildman–Crippen LogP) is 1.29. The molecular weight excluding hydrogens is 214 g/mol. The maximum absolute atomic E-state index is 6.14. The summed E-state index contributed by atoms with van der Waals surface area (Å²) >= 11 is 6.14. The first-order valence-corrected chi connectivity index (χ1v) is 5.21. The van der Waals surface area contributed by atoms with Crippen molar-refractivity contribution in [3.63, 3.8) is 0 Å². The highest BCUT2D eigenvalue weighted by molar-refractivity contribution is 6.31. The summed E-state index contributed by atoms with van der Waals surface area (Å²) in [5.74, 6) is 0. The van der Waals surface area contributed by atoms with E-state index in [1.807, 2.05) is 20.9 Å². The summed E-state index contributed by atoms with van der Waals surface area (Å²) in [6, 6.07) is 0. The van der Waals surface area contributed by atoms with E-state index in [9.17, 15) is 0 Å². The number of rotatable bonds is 4. The molecular formula is C10H18ClN3O. The van der Waals surface area contributed by atoms with Gasteiger partial charge in [0.2, 0.25) is 0 Å². The Morgan fingerprint density at radius 3 is 2.60 bits per heavy atom. The van der Waals surface area contributed by atoms with E-state index in [-0.39, 0.29) is 0 Å². The van der Waals surface area contributed by atoms with Crippen molar-refractivity contribution in [2.75, 3.05) is 13.7 Å². The minimum Gasteiger partial charge on any atom is -0.383 e. The van der Waals surface area contributed by atoms with Crippen LogP contribution in [0.5, 0.6) is 0 Å². The molecule has 0 radical (unpaired) electrons. The zero-order chi connectivity index (χ0) is 11.6. The smallest absolute Gasteiger partial charge is 0.0847 e. The lowest BCUT2D eigenvalue weighted by molar-refractivity contribution is 0.140. The van der Waals surface area contributed by atoms with Gasteiger partial charge in [0.1, 0.15) is 0 Å². The summed E-state index contributed by atoms with van der Waals surface area (Å²) in [5, 5.41) is 4.94. The third-order valence-corrected chi connectivity index (χ3v) is 2.80. The standard InChI is InChI=1S/C10H18ClN3O/c1-7-9(11)8(14(3)13-7)5-10(2,12)6-15-4/h5-6,12H2,1-4H3. The van der Waals surface area contributed by atoms with E-state index in [4.69, 9.17) is 22.1 Å². The van der Waals surface area contributed by atoms with E-state index < -0.39 is 5.54 Å². The van der Waals surface area contributed by atoms with E-state index in [2.05, 4.69) is 5.10 Å². The fourth-order valence-electron chi connectivity index (χ4n) is 1.64. The highest BCUT2D eigenvalue weighted by Crippen LogP contribution is 2.22. The Bertz CT molecular complexity index is 347. The molecule has 1 aromatic rings. The van der Waals surface area contributed by atoms with Crippen molar-refractivity contribution in [3.05, 3.63) is 16.4 Å². The molecule has 0 aromatic carbocycles. The van der Waals surface area contributed by atoms with Crippen molar-refractivity contribution in [1.82, 2.24) is 9.78 Å². The van der Waals surface area contributed by atoms with Crippen LogP contribution in [0.1, 0.15) is 18.3 Å². The molecule has 1 atom stereocenters. The normalized spacial score (nSPS) is 15.3. The fraction of sp³-hybridized carbons (Fsp3) is 0.700. The largest absolute Gasteiger partial charge is 0.383 e. The van der Waals surface area contributed by atoms with Crippen molar-refractivity contribution in [2.24, 2.45) is 12.8 Å². The average Bonchev–Trinajstić information content (AvgIpc) is 2.32. The molecule has 0 aliphatic rings. The van der Waals surface area contributed by atoms with Crippen molar-refractivity contribution >= 4 is 11.6 Å². The summed E-state index contributed by atoms with van der Waals surface area (Å²) in [5.41, 5.74) is 7.45. The van der Waals surface area contributed by atoms with Crippen LogP contribution < -0.4 is 5.73 Å². The summed E-state index contributed by atoms with van der Waals surface area (Å²) in [7, 11) is 3.51. The molecule has 0 saturated carbocycles. The molecule has 1 aromatic heterocycles. The summed E-state index contributed by atoms with van der Waals surface area (Å²) in [6.45, 7) is 4.32. The van der Waals surface area contributed by atoms with E-state index in [0.717, 1.165) is 11.4 Å². The van der Waals surface area contributed by atoms with E-state index in [1.165, 1.54) is 0 Å². The first kappa shape index (κ1) is 12.5. The van der Waals surface area contributed by atoms with Gasteiger partial charge < -0.3 is 10.5 Å². The van der Waals surface area contributed by atoms with Gasteiger partial charge in [-0.15, -0.1) is 0 Å². The van der Waals surface area contributed by atoms with Crippen molar-refractivity contribution < 1.29 is 4.74 Å². The molecule has 1 unspecified atom stereocenters. The van der Waals surface area contributed by atoms with Crippen LogP contribution >= 0.6 is 11.6 Å². The second kappa shape index (κ2) is 4.51. The fourth-order valence-corrected chi connectivity index (χ4v) is 1.86. The summed E-state index contributed by atoms with van der Waals surface area (Å²) < 4.78 is 6.84. The van der Waals surface area contributed by atoms with Crippen molar-refractivity contribution in [3.8, 4) is 0 Å². The Morgan fingerprint density at radius 1 is 1.60 bits per heavy atom. The molecule has 0 bridgehead atoms. The van der Waals surface area contributed by atoms with Crippen molar-refractivity contribution in [1.29, 1.82) is 0 Å². The molecule has 0 spiro atoms. The van der Waals surface area contributed by atoms with E-state index in [0.29, 0.717) is 18.1 Å². The van der Waals surface area contributed by atoms with E-state index in [1.54, 1.807) is 11.8 Å². The number of nitrogens with zero attached hydrogens (tertiary/aromatic N) is 2. The van der Waals surface area contributed by atoms with Gasteiger partial charge in [0.25, 0.3) is 0 Å². The number of hydrogen-bond acceptors (Lipinski definition) is 3. The Morgan fingerprint density at radius 2 is 2.20 bits per heavy atom. The van der Waals surface area contributed by atoms with Gasteiger partial charge in [-0.2, -0.15) is 5.10 Å². The minimum absolute atomic E-state index is 0.418. The quantitative estimate of drug-likeness (QED) is 0.850. The summed E-state index contributed by atoms with van der Waals surface area (Å²) in [6.07, 6.45) is 0.650. The van der Waals surface area contributed by atoms with Gasteiger partial charge in [-0.05, 0) is 13.8 Å². The zero-order valence-corrected chi connectivity index (χ0v) is 10.4. The number of nitrogens with two attached hydrogens (primary N) is 1. The van der Waals surface area contributed by atoms with Crippen LogP contribution in [0.25, 0.3) is 0 Å². The number of hydrogen-bond donors (Lipinski definition) is 1. The van der Waals surface area contributed by atoms with Crippen LogP contribution in [-0.4, -0.2) is 29.0 Å². The zero-order valence-electron chi connectivity index (χ0n) is 9.67. The van der Waals surface area contributed by atoms with Crippen LogP contribution in [0.2, 0.25) is 5.02 Å². The maximum atomic E-state index is 6.14. The monoisotopic (exact) mass is 231 g/mol. The molecule has 4 nitrogen and oxygen atoms in total. The number of aryl methyl sites for hydroxylation is 2. The molecule has 5 heteroatoms. The lowest BCUT2D eigenvalue weighted by Crippen LogP contribution is -2.43. The van der Waals surface area contributed by atoms with E-state index >= 15 is 0 Å². The molecule has 1 rings (SSSR count). The van der Waals surface area contributed by atoms with Gasteiger partial charge in [0.05, 0.1) is 23.0 Å². The van der Waals surface area contributed by atoms with Crippen molar-refractivity contribution in [2.45, 2.75) is 25.8 Å². The lowest BCUT2D eigenvalue weighted by atomic mass is 9.98. The number of halogens is 1. The van der Waals surface area contributed by atoms with Gasteiger partial charge in [0.15, 0.2) is 0 Å². The summed E-state index contributed by atoms with van der Waals surface area (Å²) in [4.78, 5) is 0. The molecule has 0 aliphatic heterocycles.